The molecule has 2 nitrogen and oxygen atoms in total. The number of carbonyl (C=O) groups excluding carboxylic acids is 1. The molecule has 11 heavy (non-hydrogen) atoms. The Morgan fingerprint density at radius 1 is 1.36 bits per heavy atom. The largest absolute Gasteiger partial charge is 0.354 e. The van der Waals surface area contributed by atoms with Crippen molar-refractivity contribution in [1.29, 1.82) is 0 Å². The summed E-state index contributed by atoms with van der Waals surface area (Å²) in [5.41, 5.74) is 0. The third-order valence-electron chi connectivity index (χ3n) is 2.04. The fraction of sp³-hybridized carbons (Fsp3) is 0.857. The summed E-state index contributed by atoms with van der Waals surface area (Å²) in [6.45, 7) is 0.874. The Kier molecular flexibility index (Phi) is 2.06. The number of hydrogen-bond donors (Lipinski definition) is 1. The second kappa shape index (κ2) is 2.90. The van der Waals surface area contributed by atoms with Gasteiger partial charge in [-0.25, -0.2) is 0 Å². The lowest BCUT2D eigenvalue weighted by molar-refractivity contribution is -0.119. The number of nitrogens with one attached hydrogen (secondary N) is 1. The van der Waals surface area contributed by atoms with E-state index >= 15 is 0 Å². The molecular weight excluding hydrogens is 178 g/mol. The first-order valence-electron chi connectivity index (χ1n) is 3.90. The maximum absolute atomic E-state index is 11.4. The van der Waals surface area contributed by atoms with Crippen molar-refractivity contribution in [2.45, 2.75) is 16.9 Å². The molecular formula is C7H11NOS2. The summed E-state index contributed by atoms with van der Waals surface area (Å²) >= 11 is 3.66. The Morgan fingerprint density at radius 2 is 2.09 bits per heavy atom. The molecule has 62 valence electrons. The predicted molar refractivity (Wildman–Crippen MR) is 49.9 cm³/mol. The highest BCUT2D eigenvalue weighted by atomic mass is 32.2. The van der Waals surface area contributed by atoms with E-state index in [0.717, 1.165) is 24.5 Å². The van der Waals surface area contributed by atoms with Crippen LogP contribution < -0.4 is 5.32 Å². The lowest BCUT2D eigenvalue weighted by Crippen LogP contribution is -2.34. The number of carbonyl (C=O) groups is 1. The highest BCUT2D eigenvalue weighted by Gasteiger charge is 2.44. The molecule has 1 amide bonds. The molecule has 2 saturated heterocycles. The quantitative estimate of drug-likeness (QED) is 0.618. The number of hydrogen-bond acceptors (Lipinski definition) is 3. The van der Waals surface area contributed by atoms with Gasteiger partial charge in [-0.1, -0.05) is 0 Å². The van der Waals surface area contributed by atoms with Crippen LogP contribution >= 0.6 is 23.5 Å². The Balaban J connectivity index is 2.12. The Morgan fingerprint density at radius 3 is 2.64 bits per heavy atom. The summed E-state index contributed by atoms with van der Waals surface area (Å²) < 4.78 is -0.0851. The minimum absolute atomic E-state index is 0.0851. The van der Waals surface area contributed by atoms with Crippen molar-refractivity contribution in [3.05, 3.63) is 0 Å². The van der Waals surface area contributed by atoms with Crippen molar-refractivity contribution in [3.63, 3.8) is 0 Å². The normalized spacial score (nSPS) is 28.9. The van der Waals surface area contributed by atoms with Gasteiger partial charge in [0.2, 0.25) is 5.91 Å². The first-order chi connectivity index (χ1) is 5.33. The van der Waals surface area contributed by atoms with E-state index in [1.54, 1.807) is 0 Å². The molecule has 0 aromatic rings. The molecule has 4 heteroatoms. The smallest absolute Gasteiger partial charge is 0.246 e. The van der Waals surface area contributed by atoms with Crippen LogP contribution in [0.5, 0.6) is 0 Å². The van der Waals surface area contributed by atoms with E-state index in [0.29, 0.717) is 0 Å². The van der Waals surface area contributed by atoms with Crippen LogP contribution in [0.25, 0.3) is 0 Å². The summed E-state index contributed by atoms with van der Waals surface area (Å²) in [6, 6.07) is 0. The monoisotopic (exact) mass is 189 g/mol. The third-order valence-corrected chi connectivity index (χ3v) is 5.45. The average molecular weight is 189 g/mol. The average Bonchev–Trinajstić information content (AvgIpc) is 2.36. The molecule has 1 spiro atoms. The van der Waals surface area contributed by atoms with E-state index in [1.807, 2.05) is 23.5 Å². The van der Waals surface area contributed by atoms with Gasteiger partial charge in [0.05, 0.1) is 0 Å². The zero-order valence-corrected chi connectivity index (χ0v) is 7.89. The van der Waals surface area contributed by atoms with Crippen molar-refractivity contribution in [2.75, 3.05) is 18.1 Å². The topological polar surface area (TPSA) is 29.1 Å². The van der Waals surface area contributed by atoms with Gasteiger partial charge >= 0.3 is 0 Å². The summed E-state index contributed by atoms with van der Waals surface area (Å²) in [4.78, 5) is 11.4. The third kappa shape index (κ3) is 1.26. The maximum Gasteiger partial charge on any atom is 0.246 e. The molecule has 2 aliphatic heterocycles. The van der Waals surface area contributed by atoms with Crippen LogP contribution in [0.15, 0.2) is 0 Å². The first kappa shape index (κ1) is 7.80. The zero-order chi connectivity index (χ0) is 7.73. The van der Waals surface area contributed by atoms with Gasteiger partial charge in [-0.3, -0.25) is 4.79 Å². The van der Waals surface area contributed by atoms with E-state index in [9.17, 15) is 4.79 Å². The standard InChI is InChI=1S/C7H11NOS2/c9-6-7(2-3-8-6)10-4-1-5-11-7/h1-5H2,(H,8,9). The molecule has 2 aliphatic rings. The molecule has 2 rings (SSSR count). The van der Waals surface area contributed by atoms with Crippen LogP contribution in [0.2, 0.25) is 0 Å². The van der Waals surface area contributed by atoms with Crippen molar-refractivity contribution in [2.24, 2.45) is 0 Å². The summed E-state index contributed by atoms with van der Waals surface area (Å²) in [5.74, 6) is 2.56. The van der Waals surface area contributed by atoms with E-state index in [1.165, 1.54) is 6.42 Å². The van der Waals surface area contributed by atoms with E-state index in [2.05, 4.69) is 5.32 Å². The van der Waals surface area contributed by atoms with Crippen LogP contribution in [-0.4, -0.2) is 28.0 Å². The van der Waals surface area contributed by atoms with Crippen LogP contribution in [0.1, 0.15) is 12.8 Å². The van der Waals surface area contributed by atoms with Crippen molar-refractivity contribution < 1.29 is 4.79 Å². The molecule has 0 saturated carbocycles. The van der Waals surface area contributed by atoms with Crippen LogP contribution in [-0.2, 0) is 4.79 Å². The van der Waals surface area contributed by atoms with Crippen molar-refractivity contribution in [1.82, 2.24) is 5.32 Å². The molecule has 0 aromatic carbocycles. The first-order valence-corrected chi connectivity index (χ1v) is 5.87. The highest BCUT2D eigenvalue weighted by Crippen LogP contribution is 2.46. The second-order valence-electron chi connectivity index (χ2n) is 2.81. The fourth-order valence-electron chi connectivity index (χ4n) is 1.44. The lowest BCUT2D eigenvalue weighted by atomic mass is 10.3. The zero-order valence-electron chi connectivity index (χ0n) is 6.26. The van der Waals surface area contributed by atoms with Gasteiger partial charge in [-0.2, -0.15) is 0 Å². The molecule has 2 fully saturated rings. The van der Waals surface area contributed by atoms with E-state index < -0.39 is 0 Å². The Hall–Kier alpha value is 0.170. The van der Waals surface area contributed by atoms with Gasteiger partial charge in [0, 0.05) is 6.54 Å². The van der Waals surface area contributed by atoms with E-state index in [4.69, 9.17) is 0 Å². The van der Waals surface area contributed by atoms with Crippen LogP contribution in [0, 0.1) is 0 Å². The lowest BCUT2D eigenvalue weighted by Gasteiger charge is -2.28. The van der Waals surface area contributed by atoms with Gasteiger partial charge < -0.3 is 5.32 Å². The molecule has 0 aliphatic carbocycles. The van der Waals surface area contributed by atoms with Gasteiger partial charge in [0.15, 0.2) is 0 Å². The molecule has 2 heterocycles. The Bertz CT molecular complexity index is 177. The van der Waals surface area contributed by atoms with Gasteiger partial charge in [0.25, 0.3) is 0 Å². The molecule has 0 radical (unpaired) electrons. The SMILES string of the molecule is O=C1NCCC12SCCCS2. The maximum atomic E-state index is 11.4. The number of thioether (sulfide) groups is 2. The molecule has 0 unspecified atom stereocenters. The number of amides is 1. The molecule has 0 aromatic heterocycles. The van der Waals surface area contributed by atoms with Gasteiger partial charge in [-0.05, 0) is 24.3 Å². The molecule has 1 N–H and O–H groups in total. The van der Waals surface area contributed by atoms with E-state index in [-0.39, 0.29) is 9.99 Å². The van der Waals surface area contributed by atoms with Gasteiger partial charge in [-0.15, -0.1) is 23.5 Å². The molecule has 0 atom stereocenters. The molecule has 0 bridgehead atoms. The predicted octanol–water partition coefficient (Wildman–Crippen LogP) is 1.07. The van der Waals surface area contributed by atoms with Gasteiger partial charge in [0.1, 0.15) is 4.08 Å². The summed E-state index contributed by atoms with van der Waals surface area (Å²) in [5, 5.41) is 2.90. The minimum Gasteiger partial charge on any atom is -0.354 e. The Labute approximate surface area is 74.9 Å². The highest BCUT2D eigenvalue weighted by molar-refractivity contribution is 8.19. The summed E-state index contributed by atoms with van der Waals surface area (Å²) in [6.07, 6.45) is 2.27. The minimum atomic E-state index is -0.0851. The second-order valence-corrected chi connectivity index (χ2v) is 5.86. The fourth-order valence-corrected chi connectivity index (χ4v) is 4.59. The number of rotatable bonds is 0. The van der Waals surface area contributed by atoms with Crippen molar-refractivity contribution >= 4 is 29.4 Å². The summed E-state index contributed by atoms with van der Waals surface area (Å²) in [7, 11) is 0. The van der Waals surface area contributed by atoms with Crippen LogP contribution in [0.3, 0.4) is 0 Å². The van der Waals surface area contributed by atoms with Crippen LogP contribution in [0.4, 0.5) is 0 Å². The van der Waals surface area contributed by atoms with Crippen molar-refractivity contribution in [3.8, 4) is 0 Å².